The van der Waals surface area contributed by atoms with Crippen LogP contribution in [0.15, 0.2) is 437 Å². The van der Waals surface area contributed by atoms with Gasteiger partial charge in [0.05, 0.1) is 27.8 Å². The molecule has 1 unspecified atom stereocenters. The van der Waals surface area contributed by atoms with Gasteiger partial charge in [-0.15, -0.1) is 0 Å². The van der Waals surface area contributed by atoms with E-state index >= 15 is 0 Å². The number of hydrogen-bond donors (Lipinski definition) is 0. The number of rotatable bonds is 19. The average Bonchev–Trinajstić information content (AvgIpc) is 1.49. The molecule has 0 bridgehead atoms. The van der Waals surface area contributed by atoms with Crippen LogP contribution >= 0.6 is 0 Å². The summed E-state index contributed by atoms with van der Waals surface area (Å²) in [4.78, 5) is 9.42. The summed E-state index contributed by atoms with van der Waals surface area (Å²) in [5.41, 5.74) is 27.9. The minimum absolute atomic E-state index is 0.639. The van der Waals surface area contributed by atoms with Crippen LogP contribution in [0.5, 0.6) is 0 Å². The van der Waals surface area contributed by atoms with Crippen LogP contribution < -0.4 is 19.6 Å². The number of aromatic nitrogens is 1. The van der Waals surface area contributed by atoms with Gasteiger partial charge in [-0.25, -0.2) is 0 Å². The predicted octanol–water partition coefficient (Wildman–Crippen LogP) is 26.7. The van der Waals surface area contributed by atoms with E-state index in [1.165, 1.54) is 77.2 Å². The number of hydrogen-bond acceptors (Lipinski definition) is 4. The Hall–Kier alpha value is -13.7. The largest absolute Gasteiger partial charge is 0.338 e. The van der Waals surface area contributed by atoms with Crippen LogP contribution in [0.25, 0.3) is 71.6 Å². The van der Waals surface area contributed by atoms with E-state index in [-0.39, 0.29) is 0 Å². The minimum atomic E-state index is -0.713. The van der Waals surface area contributed by atoms with Crippen molar-refractivity contribution in [3.8, 4) is 39.1 Å². The molecule has 3 aliphatic rings. The molecule has 2 aliphatic carbocycles. The maximum absolute atomic E-state index is 4.28. The molecule has 0 saturated carbocycles. The quantitative estimate of drug-likeness (QED) is 0.0751. The Morgan fingerprint density at radius 3 is 1.51 bits per heavy atom. The van der Waals surface area contributed by atoms with Crippen molar-refractivity contribution in [2.45, 2.75) is 11.8 Å². The number of anilines is 9. The molecule has 15 aromatic rings. The smallest absolute Gasteiger partial charge is 0.0754 e. The molecule has 0 radical (unpaired) electrons. The molecule has 106 heavy (non-hydrogen) atoms. The Labute approximate surface area is 620 Å². The third kappa shape index (κ3) is 11.3. The fraction of sp³-hybridized carbons (Fsp3) is 0.0297. The second kappa shape index (κ2) is 27.9. The monoisotopic (exact) mass is 1360 g/mol. The SMILES string of the molecule is C=C/C=C\C(=C1\C=CC=CC1)N(C(/C=C\CN(c1ccccc1)c1ccccc1)=C/C=C)c1ccc(-c2ccc3c(c2)C2(c4cc(-c5ccc(N(c6ccc(N(c7ccccc7)c7ccccc7)cc6)c6cccc7ccccc67)cc5)ccc4-3)c3ccccc3-n3c4ccccc4c4cccc2c43)cc1. The molecule has 14 aromatic carbocycles. The molecule has 1 aliphatic heterocycles. The van der Waals surface area contributed by atoms with Crippen LogP contribution in [-0.4, -0.2) is 11.1 Å². The molecule has 0 saturated heterocycles. The summed E-state index contributed by atoms with van der Waals surface area (Å²) in [6, 6.07) is 125. The van der Waals surface area contributed by atoms with Crippen molar-refractivity contribution < 1.29 is 0 Å². The van der Waals surface area contributed by atoms with Crippen molar-refractivity contribution in [3.05, 3.63) is 459 Å². The number of benzene rings is 14. The highest BCUT2D eigenvalue weighted by Gasteiger charge is 2.51. The molecule has 1 atom stereocenters. The fourth-order valence-electron chi connectivity index (χ4n) is 16.5. The molecule has 5 heteroatoms. The Kier molecular flexibility index (Phi) is 16.9. The van der Waals surface area contributed by atoms with Crippen LogP contribution in [0.4, 0.5) is 51.2 Å². The number of fused-ring (bicyclic) bond motifs is 13. The summed E-state index contributed by atoms with van der Waals surface area (Å²) in [7, 11) is 0. The van der Waals surface area contributed by atoms with Crippen LogP contribution in [-0.2, 0) is 5.41 Å². The van der Waals surface area contributed by atoms with E-state index in [2.05, 4.69) is 426 Å². The molecule has 2 heterocycles. The van der Waals surface area contributed by atoms with Crippen LogP contribution in [0, 0.1) is 0 Å². The highest BCUT2D eigenvalue weighted by molar-refractivity contribution is 6.13. The van der Waals surface area contributed by atoms with E-state index < -0.39 is 5.41 Å². The molecule has 5 nitrogen and oxygen atoms in total. The standard InChI is InChI=1S/C101H75N5/c1-3-5-49-96(75-32-11-6-12-33-75)104(80(30-4-2)43-29-69-102(78-35-13-7-14-36-78)79-37-15-8-16-38-79)84-59-53-72(54-60-84)76-57-67-88-89-68-58-77(71-95(89)101(94(88)70-76)92-47-24-26-51-99(92)106-98-50-25-23-45-90(98)91-46-28-48-93(101)100(91)106)73-55-61-85(62-56-73)105(97-52-27-34-74-31-21-22-44-87(74)97)86-65-63-83(64-66-86)103(81-39-17-9-18-40-81)82-41-19-10-20-42-82/h3-32,34-68,70-71H,1-2,33,69H2/b43-29-,49-5-,80-30+,96-75+. The van der Waals surface area contributed by atoms with Crippen molar-refractivity contribution in [3.63, 3.8) is 0 Å². The summed E-state index contributed by atoms with van der Waals surface area (Å²) in [5.74, 6) is 0. The van der Waals surface area contributed by atoms with Gasteiger partial charge in [0.1, 0.15) is 0 Å². The zero-order valence-corrected chi connectivity index (χ0v) is 58.7. The molecule has 1 aromatic heterocycles. The van der Waals surface area contributed by atoms with Crippen LogP contribution in [0.3, 0.4) is 0 Å². The molecule has 0 amide bonds. The van der Waals surface area contributed by atoms with Gasteiger partial charge in [0.15, 0.2) is 0 Å². The van der Waals surface area contributed by atoms with Gasteiger partial charge in [0.2, 0.25) is 0 Å². The number of para-hydroxylation sites is 7. The lowest BCUT2D eigenvalue weighted by Gasteiger charge is -2.40. The highest BCUT2D eigenvalue weighted by atomic mass is 15.2. The van der Waals surface area contributed by atoms with Gasteiger partial charge in [-0.05, 0) is 219 Å². The Balaban J connectivity index is 0.755. The Morgan fingerprint density at radius 2 is 0.896 bits per heavy atom. The molecular formula is C101H75N5. The molecule has 0 N–H and O–H groups in total. The van der Waals surface area contributed by atoms with Crippen LogP contribution in [0.1, 0.15) is 28.7 Å². The van der Waals surface area contributed by atoms with E-state index in [4.69, 9.17) is 0 Å². The van der Waals surface area contributed by atoms with Crippen molar-refractivity contribution >= 4 is 83.8 Å². The topological polar surface area (TPSA) is 17.9 Å². The second-order valence-corrected chi connectivity index (χ2v) is 27.1. The first-order chi connectivity index (χ1) is 52.5. The van der Waals surface area contributed by atoms with Gasteiger partial charge < -0.3 is 24.2 Å². The summed E-state index contributed by atoms with van der Waals surface area (Å²) < 4.78 is 2.53. The Morgan fingerprint density at radius 1 is 0.396 bits per heavy atom. The van der Waals surface area contributed by atoms with Gasteiger partial charge >= 0.3 is 0 Å². The average molecular weight is 1360 g/mol. The third-order valence-electron chi connectivity index (χ3n) is 21.2. The fourth-order valence-corrected chi connectivity index (χ4v) is 16.5. The maximum atomic E-state index is 4.28. The third-order valence-corrected chi connectivity index (χ3v) is 21.2. The zero-order valence-electron chi connectivity index (χ0n) is 58.7. The molecule has 504 valence electrons. The summed E-state index contributed by atoms with van der Waals surface area (Å²) >= 11 is 0. The van der Waals surface area contributed by atoms with E-state index in [9.17, 15) is 0 Å². The first-order valence-electron chi connectivity index (χ1n) is 36.5. The van der Waals surface area contributed by atoms with Gasteiger partial charge in [-0.3, -0.25) is 0 Å². The van der Waals surface area contributed by atoms with Crippen molar-refractivity contribution in [2.75, 3.05) is 26.1 Å². The maximum Gasteiger partial charge on any atom is 0.0754 e. The lowest BCUT2D eigenvalue weighted by atomic mass is 9.65. The van der Waals surface area contributed by atoms with Gasteiger partial charge in [0.25, 0.3) is 0 Å². The van der Waals surface area contributed by atoms with Gasteiger partial charge in [-0.1, -0.05) is 274 Å². The van der Waals surface area contributed by atoms with E-state index in [0.29, 0.717) is 6.54 Å². The zero-order chi connectivity index (χ0) is 70.9. The molecule has 0 fully saturated rings. The van der Waals surface area contributed by atoms with Crippen molar-refractivity contribution in [1.82, 2.24) is 4.57 Å². The van der Waals surface area contributed by atoms with Crippen molar-refractivity contribution in [2.24, 2.45) is 0 Å². The molecule has 18 rings (SSSR count). The van der Waals surface area contributed by atoms with E-state index in [1.54, 1.807) is 0 Å². The van der Waals surface area contributed by atoms with Crippen molar-refractivity contribution in [1.29, 1.82) is 0 Å². The van der Waals surface area contributed by atoms with E-state index in [0.717, 1.165) is 91.3 Å². The lowest BCUT2D eigenvalue weighted by Crippen LogP contribution is -2.33. The first kappa shape index (κ1) is 64.4. The second-order valence-electron chi connectivity index (χ2n) is 27.1. The normalized spacial score (nSPS) is 14.5. The minimum Gasteiger partial charge on any atom is -0.338 e. The van der Waals surface area contributed by atoms with E-state index in [1.807, 2.05) is 18.2 Å². The van der Waals surface area contributed by atoms with Gasteiger partial charge in [-0.2, -0.15) is 0 Å². The predicted molar refractivity (Wildman–Crippen MR) is 448 cm³/mol. The summed E-state index contributed by atoms with van der Waals surface area (Å²) in [5, 5.41) is 4.85. The summed E-state index contributed by atoms with van der Waals surface area (Å²) in [6.07, 6.45) is 24.0. The molecule has 1 spiro atoms. The van der Waals surface area contributed by atoms with Gasteiger partial charge in [0, 0.05) is 79.6 Å². The lowest BCUT2D eigenvalue weighted by molar-refractivity contribution is 0.749. The van der Waals surface area contributed by atoms with Crippen LogP contribution in [0.2, 0.25) is 0 Å². The first-order valence-corrected chi connectivity index (χ1v) is 36.5. The number of nitrogens with zero attached hydrogens (tertiary/aromatic N) is 5. The molecular weight excluding hydrogens is 1280 g/mol. The summed E-state index contributed by atoms with van der Waals surface area (Å²) in [6.45, 7) is 9.05. The highest BCUT2D eigenvalue weighted by Crippen LogP contribution is 2.62. The Bertz CT molecular complexity index is 5950. The number of allylic oxidation sites excluding steroid dienone is 11.